The van der Waals surface area contributed by atoms with Gasteiger partial charge < -0.3 is 20.5 Å². The molecule has 1 aromatic heterocycles. The third-order valence-corrected chi connectivity index (χ3v) is 2.73. The van der Waals surface area contributed by atoms with Crippen molar-refractivity contribution >= 4 is 21.5 Å². The number of aromatic nitrogens is 1. The summed E-state index contributed by atoms with van der Waals surface area (Å²) < 4.78 is 10.2. The van der Waals surface area contributed by atoms with Gasteiger partial charge in [-0.3, -0.25) is 0 Å². The number of thiazole rings is 1. The van der Waals surface area contributed by atoms with Gasteiger partial charge in [-0.1, -0.05) is 11.3 Å². The van der Waals surface area contributed by atoms with Gasteiger partial charge in [0.2, 0.25) is 0 Å². The minimum Gasteiger partial charge on any atom is -0.389 e. The van der Waals surface area contributed by atoms with E-state index in [4.69, 9.17) is 15.2 Å². The number of nitrogens with one attached hydrogen (secondary N) is 1. The third-order valence-electron chi connectivity index (χ3n) is 1.95. The second-order valence-electron chi connectivity index (χ2n) is 3.31. The van der Waals surface area contributed by atoms with Crippen molar-refractivity contribution < 1.29 is 9.47 Å². The van der Waals surface area contributed by atoms with Crippen molar-refractivity contribution in [2.45, 2.75) is 12.8 Å². The molecule has 0 amide bonds. The molecule has 0 aliphatic rings. The van der Waals surface area contributed by atoms with Gasteiger partial charge in [0.05, 0.1) is 19.4 Å². The number of nitrogens with two attached hydrogens (primary N) is 1. The number of unbranched alkanes of at least 4 members (excludes halogenated alkanes) is 1. The average molecular weight is 245 g/mol. The number of hydrogen-bond acceptors (Lipinski definition) is 6. The highest BCUT2D eigenvalue weighted by atomic mass is 32.1. The molecular formula is C10H19N3O2S. The van der Waals surface area contributed by atoms with Crippen LogP contribution >= 0.6 is 11.3 Å². The van der Waals surface area contributed by atoms with Gasteiger partial charge >= 0.3 is 0 Å². The molecule has 0 saturated heterocycles. The molecule has 0 unspecified atom stereocenters. The molecule has 0 saturated carbocycles. The lowest BCUT2D eigenvalue weighted by Gasteiger charge is -2.04. The van der Waals surface area contributed by atoms with E-state index in [1.165, 1.54) is 11.3 Å². The van der Waals surface area contributed by atoms with Crippen molar-refractivity contribution in [1.29, 1.82) is 0 Å². The predicted molar refractivity (Wildman–Crippen MR) is 66.9 cm³/mol. The molecule has 1 heterocycles. The molecule has 1 aromatic rings. The minimum atomic E-state index is 0.663. The summed E-state index contributed by atoms with van der Waals surface area (Å²) in [4.78, 5) is 4.11. The highest BCUT2D eigenvalue weighted by Gasteiger charge is 1.97. The van der Waals surface area contributed by atoms with Gasteiger partial charge in [0, 0.05) is 20.3 Å². The first-order valence-corrected chi connectivity index (χ1v) is 6.16. The molecule has 1 rings (SSSR count). The summed E-state index contributed by atoms with van der Waals surface area (Å²) in [7, 11) is 1.67. The quantitative estimate of drug-likeness (QED) is 0.646. The van der Waals surface area contributed by atoms with Crippen LogP contribution in [0.25, 0.3) is 0 Å². The summed E-state index contributed by atoms with van der Waals surface area (Å²) in [6.07, 6.45) is 3.77. The van der Waals surface area contributed by atoms with Crippen LogP contribution in [0.15, 0.2) is 6.20 Å². The molecular weight excluding hydrogens is 226 g/mol. The zero-order chi connectivity index (χ0) is 11.6. The van der Waals surface area contributed by atoms with E-state index < -0.39 is 0 Å². The van der Waals surface area contributed by atoms with Crippen LogP contribution in [0.3, 0.4) is 0 Å². The van der Waals surface area contributed by atoms with Crippen molar-refractivity contribution in [2.24, 2.45) is 0 Å². The van der Waals surface area contributed by atoms with E-state index in [1.807, 2.05) is 0 Å². The molecule has 0 atom stereocenters. The molecule has 0 aromatic carbocycles. The normalized spacial score (nSPS) is 10.6. The van der Waals surface area contributed by atoms with Gasteiger partial charge in [-0.05, 0) is 12.8 Å². The first-order valence-electron chi connectivity index (χ1n) is 5.35. The Bertz CT molecular complexity index is 281. The molecule has 0 radical (unpaired) electrons. The van der Waals surface area contributed by atoms with Crippen molar-refractivity contribution in [3.05, 3.63) is 6.20 Å². The van der Waals surface area contributed by atoms with Gasteiger partial charge in [0.1, 0.15) is 5.00 Å². The van der Waals surface area contributed by atoms with Crippen LogP contribution in [-0.2, 0) is 9.47 Å². The van der Waals surface area contributed by atoms with Gasteiger partial charge in [0.15, 0.2) is 5.13 Å². The molecule has 5 nitrogen and oxygen atoms in total. The summed E-state index contributed by atoms with van der Waals surface area (Å²) >= 11 is 1.47. The maximum atomic E-state index is 5.56. The monoisotopic (exact) mass is 245 g/mol. The summed E-state index contributed by atoms with van der Waals surface area (Å²) in [6.45, 7) is 3.02. The van der Waals surface area contributed by atoms with E-state index in [2.05, 4.69) is 10.3 Å². The maximum Gasteiger partial charge on any atom is 0.184 e. The van der Waals surface area contributed by atoms with E-state index in [-0.39, 0.29) is 0 Å². The predicted octanol–water partition coefficient (Wildman–Crippen LogP) is 1.58. The standard InChI is InChI=1S/C10H19N3O2S/c1-14-6-7-15-5-3-2-4-12-10-13-8-9(11)16-10/h8H,2-7,11H2,1H3,(H,12,13). The molecule has 0 fully saturated rings. The van der Waals surface area contributed by atoms with Crippen LogP contribution in [0.1, 0.15) is 12.8 Å². The van der Waals surface area contributed by atoms with E-state index in [0.717, 1.165) is 36.1 Å². The smallest absolute Gasteiger partial charge is 0.184 e. The molecule has 16 heavy (non-hydrogen) atoms. The molecule has 0 spiro atoms. The van der Waals surface area contributed by atoms with Crippen molar-refractivity contribution in [3.63, 3.8) is 0 Å². The number of rotatable bonds is 9. The Kier molecular flexibility index (Phi) is 6.87. The summed E-state index contributed by atoms with van der Waals surface area (Å²) in [5.74, 6) is 0. The lowest BCUT2D eigenvalue weighted by atomic mass is 10.3. The zero-order valence-electron chi connectivity index (χ0n) is 9.57. The van der Waals surface area contributed by atoms with E-state index in [1.54, 1.807) is 13.3 Å². The fourth-order valence-electron chi connectivity index (χ4n) is 1.14. The van der Waals surface area contributed by atoms with Crippen LogP contribution in [0.4, 0.5) is 10.1 Å². The largest absolute Gasteiger partial charge is 0.389 e. The molecule has 92 valence electrons. The second-order valence-corrected chi connectivity index (χ2v) is 4.37. The average Bonchev–Trinajstić information content (AvgIpc) is 2.68. The summed E-state index contributed by atoms with van der Waals surface area (Å²) in [6, 6.07) is 0. The van der Waals surface area contributed by atoms with Crippen LogP contribution in [0.5, 0.6) is 0 Å². The van der Waals surface area contributed by atoms with E-state index >= 15 is 0 Å². The summed E-state index contributed by atoms with van der Waals surface area (Å²) in [5, 5.41) is 4.84. The Balaban J connectivity index is 1.88. The lowest BCUT2D eigenvalue weighted by molar-refractivity contribution is 0.0691. The van der Waals surface area contributed by atoms with Crippen molar-refractivity contribution in [2.75, 3.05) is 44.5 Å². The van der Waals surface area contributed by atoms with E-state index in [0.29, 0.717) is 13.2 Å². The second kappa shape index (κ2) is 8.32. The number of hydrogen-bond donors (Lipinski definition) is 2. The Hall–Kier alpha value is -0.850. The van der Waals surface area contributed by atoms with Crippen LogP contribution in [0, 0.1) is 0 Å². The SMILES string of the molecule is COCCOCCCCNc1ncc(N)s1. The Morgan fingerprint density at radius 3 is 2.94 bits per heavy atom. The Morgan fingerprint density at radius 2 is 2.25 bits per heavy atom. The Labute approximate surface area is 100.0 Å². The fraction of sp³-hybridized carbons (Fsp3) is 0.700. The molecule has 0 bridgehead atoms. The van der Waals surface area contributed by atoms with Crippen LogP contribution in [0.2, 0.25) is 0 Å². The van der Waals surface area contributed by atoms with Gasteiger partial charge in [-0.15, -0.1) is 0 Å². The first kappa shape index (κ1) is 13.2. The van der Waals surface area contributed by atoms with E-state index in [9.17, 15) is 0 Å². The molecule has 0 aliphatic heterocycles. The zero-order valence-corrected chi connectivity index (χ0v) is 10.4. The molecule has 6 heteroatoms. The van der Waals surface area contributed by atoms with Gasteiger partial charge in [-0.25, -0.2) is 4.98 Å². The van der Waals surface area contributed by atoms with Gasteiger partial charge in [-0.2, -0.15) is 0 Å². The third kappa shape index (κ3) is 5.89. The Morgan fingerprint density at radius 1 is 1.38 bits per heavy atom. The van der Waals surface area contributed by atoms with Gasteiger partial charge in [0.25, 0.3) is 0 Å². The lowest BCUT2D eigenvalue weighted by Crippen LogP contribution is -2.06. The van der Waals surface area contributed by atoms with Crippen molar-refractivity contribution in [3.8, 4) is 0 Å². The van der Waals surface area contributed by atoms with Crippen molar-refractivity contribution in [1.82, 2.24) is 4.98 Å². The summed E-state index contributed by atoms with van der Waals surface area (Å²) in [5.41, 5.74) is 5.56. The molecule has 0 aliphatic carbocycles. The number of nitrogens with zero attached hydrogens (tertiary/aromatic N) is 1. The first-order chi connectivity index (χ1) is 7.83. The number of methoxy groups -OCH3 is 1. The number of ether oxygens (including phenoxy) is 2. The highest BCUT2D eigenvalue weighted by molar-refractivity contribution is 7.19. The minimum absolute atomic E-state index is 0.663. The maximum absolute atomic E-state index is 5.56. The number of anilines is 2. The molecule has 3 N–H and O–H groups in total. The fourth-order valence-corrected chi connectivity index (χ4v) is 1.75. The van der Waals surface area contributed by atoms with Crippen LogP contribution in [-0.4, -0.2) is 38.5 Å². The number of nitrogen functional groups attached to an aromatic ring is 1. The highest BCUT2D eigenvalue weighted by Crippen LogP contribution is 2.19. The van der Waals surface area contributed by atoms with Crippen LogP contribution < -0.4 is 11.1 Å². The topological polar surface area (TPSA) is 69.4 Å².